The number of rotatable bonds is 6. The zero-order valence-electron chi connectivity index (χ0n) is 18.5. The molecule has 0 saturated carbocycles. The summed E-state index contributed by atoms with van der Waals surface area (Å²) in [5, 5.41) is 11.6. The standard InChI is InChI=1S/C24H29ClN4O3/c1-26-21-15-19(25)9-10-20(21)22(30)28(3)17-24(32)11-13-29(14-12-24)23(31)27(2)16-18-7-5-4-6-8-18/h4-10,15,32H,1,11-14,16-17H2,2-3H3. The third-order valence-electron chi connectivity index (χ3n) is 5.79. The Morgan fingerprint density at radius 2 is 1.78 bits per heavy atom. The molecule has 1 aliphatic rings. The summed E-state index contributed by atoms with van der Waals surface area (Å²) < 4.78 is 0. The Labute approximate surface area is 193 Å². The van der Waals surface area contributed by atoms with Crippen LogP contribution < -0.4 is 0 Å². The average Bonchev–Trinajstić information content (AvgIpc) is 2.79. The second kappa shape index (κ2) is 10.1. The van der Waals surface area contributed by atoms with Crippen molar-refractivity contribution in [1.29, 1.82) is 0 Å². The van der Waals surface area contributed by atoms with E-state index >= 15 is 0 Å². The van der Waals surface area contributed by atoms with Gasteiger partial charge < -0.3 is 19.8 Å². The molecule has 3 amide bonds. The van der Waals surface area contributed by atoms with Crippen molar-refractivity contribution in [3.8, 4) is 0 Å². The van der Waals surface area contributed by atoms with E-state index in [2.05, 4.69) is 11.7 Å². The van der Waals surface area contributed by atoms with Crippen LogP contribution in [0.5, 0.6) is 0 Å². The van der Waals surface area contributed by atoms with Crippen LogP contribution in [0.1, 0.15) is 28.8 Å². The van der Waals surface area contributed by atoms with Gasteiger partial charge in [0.25, 0.3) is 5.91 Å². The molecule has 1 N–H and O–H groups in total. The fraction of sp³-hybridized carbons (Fsp3) is 0.375. The molecule has 3 rings (SSSR count). The third kappa shape index (κ3) is 5.66. The lowest BCUT2D eigenvalue weighted by molar-refractivity contribution is -0.0320. The highest BCUT2D eigenvalue weighted by molar-refractivity contribution is 6.31. The first-order chi connectivity index (χ1) is 15.2. The monoisotopic (exact) mass is 456 g/mol. The van der Waals surface area contributed by atoms with Gasteiger partial charge in [-0.25, -0.2) is 4.79 Å². The van der Waals surface area contributed by atoms with Gasteiger partial charge in [-0.1, -0.05) is 41.9 Å². The highest BCUT2D eigenvalue weighted by Gasteiger charge is 2.36. The van der Waals surface area contributed by atoms with Gasteiger partial charge in [0.1, 0.15) is 0 Å². The first-order valence-electron chi connectivity index (χ1n) is 10.5. The van der Waals surface area contributed by atoms with Crippen molar-refractivity contribution < 1.29 is 14.7 Å². The molecule has 0 unspecified atom stereocenters. The predicted octanol–water partition coefficient (Wildman–Crippen LogP) is 3.82. The molecule has 0 aliphatic carbocycles. The Morgan fingerprint density at radius 1 is 1.12 bits per heavy atom. The van der Waals surface area contributed by atoms with Crippen molar-refractivity contribution in [1.82, 2.24) is 14.7 Å². The van der Waals surface area contributed by atoms with Crippen LogP contribution >= 0.6 is 11.6 Å². The predicted molar refractivity (Wildman–Crippen MR) is 127 cm³/mol. The molecule has 0 bridgehead atoms. The minimum absolute atomic E-state index is 0.0665. The van der Waals surface area contributed by atoms with E-state index in [0.29, 0.717) is 48.7 Å². The lowest BCUT2D eigenvalue weighted by Gasteiger charge is -2.41. The van der Waals surface area contributed by atoms with Crippen LogP contribution in [0, 0.1) is 0 Å². The van der Waals surface area contributed by atoms with E-state index in [0.717, 1.165) is 5.56 Å². The van der Waals surface area contributed by atoms with Crippen LogP contribution in [0.4, 0.5) is 10.5 Å². The Morgan fingerprint density at radius 3 is 2.41 bits per heavy atom. The van der Waals surface area contributed by atoms with E-state index in [-0.39, 0.29) is 18.5 Å². The summed E-state index contributed by atoms with van der Waals surface area (Å²) >= 11 is 5.98. The summed E-state index contributed by atoms with van der Waals surface area (Å²) in [6.45, 7) is 5.04. The molecule has 8 heteroatoms. The van der Waals surface area contributed by atoms with E-state index in [1.54, 1.807) is 42.1 Å². The number of carbonyl (C=O) groups excluding carboxylic acids is 2. The van der Waals surface area contributed by atoms with Crippen LogP contribution in [0.3, 0.4) is 0 Å². The second-order valence-electron chi connectivity index (χ2n) is 8.32. The van der Waals surface area contributed by atoms with Crippen LogP contribution in [-0.2, 0) is 6.54 Å². The van der Waals surface area contributed by atoms with Crippen molar-refractivity contribution >= 4 is 35.9 Å². The van der Waals surface area contributed by atoms with Gasteiger partial charge in [-0.05, 0) is 43.3 Å². The number of likely N-dealkylation sites (N-methyl/N-ethyl adjacent to an activating group) is 1. The van der Waals surface area contributed by atoms with Crippen molar-refractivity contribution in [3.05, 3.63) is 64.7 Å². The highest BCUT2D eigenvalue weighted by atomic mass is 35.5. The minimum Gasteiger partial charge on any atom is -0.388 e. The fourth-order valence-electron chi connectivity index (χ4n) is 3.97. The molecule has 0 spiro atoms. The number of aliphatic imine (C=N–C) groups is 1. The number of likely N-dealkylation sites (tertiary alicyclic amines) is 1. The molecule has 0 radical (unpaired) electrons. The first-order valence-corrected chi connectivity index (χ1v) is 10.9. The third-order valence-corrected chi connectivity index (χ3v) is 6.03. The molecule has 1 heterocycles. The average molecular weight is 457 g/mol. The number of benzene rings is 2. The smallest absolute Gasteiger partial charge is 0.320 e. The number of urea groups is 1. The van der Waals surface area contributed by atoms with Crippen molar-refractivity contribution in [2.24, 2.45) is 4.99 Å². The Hall–Kier alpha value is -2.90. The Kier molecular flexibility index (Phi) is 7.53. The number of piperidine rings is 1. The van der Waals surface area contributed by atoms with E-state index in [1.165, 1.54) is 4.90 Å². The van der Waals surface area contributed by atoms with E-state index in [9.17, 15) is 14.7 Å². The van der Waals surface area contributed by atoms with Gasteiger partial charge in [-0.2, -0.15) is 0 Å². The molecule has 2 aromatic carbocycles. The van der Waals surface area contributed by atoms with Gasteiger partial charge in [-0.3, -0.25) is 9.79 Å². The number of halogens is 1. The van der Waals surface area contributed by atoms with Gasteiger partial charge >= 0.3 is 6.03 Å². The first kappa shape index (κ1) is 23.8. The van der Waals surface area contributed by atoms with E-state index in [1.807, 2.05) is 30.3 Å². The zero-order valence-corrected chi connectivity index (χ0v) is 19.3. The second-order valence-corrected chi connectivity index (χ2v) is 8.75. The highest BCUT2D eigenvalue weighted by Crippen LogP contribution is 2.27. The van der Waals surface area contributed by atoms with Crippen LogP contribution in [0.15, 0.2) is 53.5 Å². The van der Waals surface area contributed by atoms with Gasteiger partial charge in [0.05, 0.1) is 16.9 Å². The van der Waals surface area contributed by atoms with Crippen molar-refractivity contribution in [3.63, 3.8) is 0 Å². The summed E-state index contributed by atoms with van der Waals surface area (Å²) in [5.74, 6) is -0.265. The molecular weight excluding hydrogens is 428 g/mol. The van der Waals surface area contributed by atoms with E-state index in [4.69, 9.17) is 11.6 Å². The summed E-state index contributed by atoms with van der Waals surface area (Å²) in [4.78, 5) is 34.5. The number of hydrogen-bond donors (Lipinski definition) is 1. The summed E-state index contributed by atoms with van der Waals surface area (Å²) in [6, 6.07) is 14.6. The lowest BCUT2D eigenvalue weighted by Crippen LogP contribution is -2.54. The van der Waals surface area contributed by atoms with Crippen LogP contribution in [0.2, 0.25) is 5.02 Å². The lowest BCUT2D eigenvalue weighted by atomic mass is 9.90. The number of carbonyl (C=O) groups is 2. The molecule has 0 atom stereocenters. The minimum atomic E-state index is -1.06. The molecule has 0 aromatic heterocycles. The molecule has 32 heavy (non-hydrogen) atoms. The van der Waals surface area contributed by atoms with Crippen LogP contribution in [0.25, 0.3) is 0 Å². The van der Waals surface area contributed by atoms with Crippen molar-refractivity contribution in [2.45, 2.75) is 25.0 Å². The normalized spacial score (nSPS) is 15.2. The topological polar surface area (TPSA) is 76.5 Å². The number of nitrogens with zero attached hydrogens (tertiary/aromatic N) is 4. The molecule has 2 aromatic rings. The van der Waals surface area contributed by atoms with Crippen LogP contribution in [-0.4, -0.2) is 77.8 Å². The SMILES string of the molecule is C=Nc1cc(Cl)ccc1C(=O)N(C)CC1(O)CCN(C(=O)N(C)Cc2ccccc2)CC1. The maximum atomic E-state index is 12.9. The maximum Gasteiger partial charge on any atom is 0.320 e. The molecular formula is C24H29ClN4O3. The largest absolute Gasteiger partial charge is 0.388 e. The Balaban J connectivity index is 1.57. The number of aliphatic hydroxyl groups is 1. The molecule has 1 aliphatic heterocycles. The Bertz CT molecular complexity index is 974. The molecule has 170 valence electrons. The quantitative estimate of drug-likeness (QED) is 0.671. The molecule has 7 nitrogen and oxygen atoms in total. The number of hydrogen-bond acceptors (Lipinski definition) is 4. The van der Waals surface area contributed by atoms with Gasteiger partial charge in [0, 0.05) is 45.3 Å². The van der Waals surface area contributed by atoms with Crippen molar-refractivity contribution in [2.75, 3.05) is 33.7 Å². The van der Waals surface area contributed by atoms with E-state index < -0.39 is 5.60 Å². The summed E-state index contributed by atoms with van der Waals surface area (Å²) in [6.07, 6.45) is 0.783. The fourth-order valence-corrected chi connectivity index (χ4v) is 4.14. The van der Waals surface area contributed by atoms with Gasteiger partial charge in [0.2, 0.25) is 0 Å². The number of amides is 3. The van der Waals surface area contributed by atoms with Gasteiger partial charge in [0.15, 0.2) is 0 Å². The molecule has 1 saturated heterocycles. The van der Waals surface area contributed by atoms with Gasteiger partial charge in [-0.15, -0.1) is 0 Å². The molecule has 1 fully saturated rings. The summed E-state index contributed by atoms with van der Waals surface area (Å²) in [7, 11) is 3.42. The zero-order chi connectivity index (χ0) is 23.3. The summed E-state index contributed by atoms with van der Waals surface area (Å²) in [5.41, 5.74) is 0.786. The maximum absolute atomic E-state index is 12.9.